The molecule has 9 nitrogen and oxygen atoms in total. The standard InChI is InChI=1S/C18H22F2N4O5/c1-8-4-9(5-10(19)14(8)20)11-6-24(23-22-11)15-16(26)12(7-25)29-18(17(15)27)13(21)2-3-28-18/h4-6,12-13,15-17,25-27H,2-3,7,21H2,1H3/t12-,13-,15+,16+,17-,18+/m1/s1. The summed E-state index contributed by atoms with van der Waals surface area (Å²) in [6, 6.07) is 0.621. The smallest absolute Gasteiger partial charge is 0.212 e. The number of nitrogens with zero attached hydrogens (tertiary/aromatic N) is 3. The molecule has 2 saturated heterocycles. The minimum absolute atomic E-state index is 0.102. The lowest BCUT2D eigenvalue weighted by Crippen LogP contribution is -2.67. The van der Waals surface area contributed by atoms with E-state index in [1.54, 1.807) is 0 Å². The van der Waals surface area contributed by atoms with Crippen LogP contribution in [0.1, 0.15) is 18.0 Å². The van der Waals surface area contributed by atoms with Crippen molar-refractivity contribution < 1.29 is 33.6 Å². The molecule has 11 heteroatoms. The van der Waals surface area contributed by atoms with Crippen LogP contribution < -0.4 is 5.73 Å². The summed E-state index contributed by atoms with van der Waals surface area (Å²) >= 11 is 0. The van der Waals surface area contributed by atoms with Crippen LogP contribution in [0.5, 0.6) is 0 Å². The summed E-state index contributed by atoms with van der Waals surface area (Å²) < 4.78 is 39.8. The van der Waals surface area contributed by atoms with Gasteiger partial charge in [-0.25, -0.2) is 13.5 Å². The van der Waals surface area contributed by atoms with Gasteiger partial charge in [-0.2, -0.15) is 0 Å². The van der Waals surface area contributed by atoms with E-state index in [-0.39, 0.29) is 23.4 Å². The normalized spacial score (nSPS) is 34.8. The van der Waals surface area contributed by atoms with Crippen molar-refractivity contribution in [3.8, 4) is 11.3 Å². The number of halogens is 2. The number of aromatic nitrogens is 3. The molecule has 4 rings (SSSR count). The third-order valence-electron chi connectivity index (χ3n) is 5.58. The van der Waals surface area contributed by atoms with Crippen molar-refractivity contribution in [1.29, 1.82) is 0 Å². The van der Waals surface area contributed by atoms with Crippen molar-refractivity contribution in [3.63, 3.8) is 0 Å². The minimum atomic E-state index is -1.61. The predicted octanol–water partition coefficient (Wildman–Crippen LogP) is -0.370. The summed E-state index contributed by atoms with van der Waals surface area (Å²) in [5.41, 5.74) is 6.68. The summed E-state index contributed by atoms with van der Waals surface area (Å²) in [7, 11) is 0. The fraction of sp³-hybridized carbons (Fsp3) is 0.556. The monoisotopic (exact) mass is 412 g/mol. The Morgan fingerprint density at radius 3 is 2.72 bits per heavy atom. The second kappa shape index (κ2) is 7.35. The molecule has 1 aromatic carbocycles. The zero-order valence-corrected chi connectivity index (χ0v) is 15.6. The van der Waals surface area contributed by atoms with E-state index >= 15 is 0 Å². The number of ether oxygens (including phenoxy) is 2. The van der Waals surface area contributed by atoms with Crippen LogP contribution in [0.15, 0.2) is 18.3 Å². The first-order chi connectivity index (χ1) is 13.8. The van der Waals surface area contributed by atoms with Crippen LogP contribution in [0, 0.1) is 18.6 Å². The number of hydrogen-bond donors (Lipinski definition) is 4. The van der Waals surface area contributed by atoms with E-state index in [1.165, 1.54) is 23.9 Å². The van der Waals surface area contributed by atoms with Crippen LogP contribution in [-0.4, -0.2) is 73.7 Å². The molecule has 2 aromatic rings. The van der Waals surface area contributed by atoms with Crippen molar-refractivity contribution in [1.82, 2.24) is 15.0 Å². The first kappa shape index (κ1) is 20.3. The van der Waals surface area contributed by atoms with Crippen molar-refractivity contribution >= 4 is 0 Å². The number of benzene rings is 1. The number of rotatable bonds is 3. The lowest BCUT2D eigenvalue weighted by Gasteiger charge is -2.49. The van der Waals surface area contributed by atoms with Gasteiger partial charge in [0.2, 0.25) is 5.79 Å². The Labute approximate surface area is 164 Å². The maximum atomic E-state index is 13.8. The van der Waals surface area contributed by atoms with E-state index in [0.29, 0.717) is 6.42 Å². The lowest BCUT2D eigenvalue weighted by molar-refractivity contribution is -0.343. The number of aliphatic hydroxyl groups is 3. The molecule has 2 aliphatic rings. The minimum Gasteiger partial charge on any atom is -0.394 e. The zero-order chi connectivity index (χ0) is 20.9. The highest BCUT2D eigenvalue weighted by Crippen LogP contribution is 2.42. The number of hydrogen-bond acceptors (Lipinski definition) is 8. The zero-order valence-electron chi connectivity index (χ0n) is 15.6. The average Bonchev–Trinajstić information content (AvgIpc) is 3.31. The van der Waals surface area contributed by atoms with Gasteiger partial charge in [0.15, 0.2) is 11.6 Å². The highest BCUT2D eigenvalue weighted by Gasteiger charge is 2.60. The van der Waals surface area contributed by atoms with Gasteiger partial charge in [-0.1, -0.05) is 5.21 Å². The molecule has 1 aromatic heterocycles. The van der Waals surface area contributed by atoms with Gasteiger partial charge in [0.05, 0.1) is 25.5 Å². The van der Waals surface area contributed by atoms with Crippen LogP contribution in [0.25, 0.3) is 11.3 Å². The molecule has 6 atom stereocenters. The van der Waals surface area contributed by atoms with Crippen molar-refractivity contribution in [2.75, 3.05) is 13.2 Å². The molecule has 1 spiro atoms. The van der Waals surface area contributed by atoms with Crippen molar-refractivity contribution in [2.24, 2.45) is 5.73 Å². The Morgan fingerprint density at radius 2 is 2.10 bits per heavy atom. The number of aryl methyl sites for hydroxylation is 1. The Balaban J connectivity index is 1.72. The molecule has 5 N–H and O–H groups in total. The van der Waals surface area contributed by atoms with E-state index in [1.807, 2.05) is 0 Å². The van der Waals surface area contributed by atoms with E-state index in [2.05, 4.69) is 10.3 Å². The van der Waals surface area contributed by atoms with Gasteiger partial charge in [-0.15, -0.1) is 5.10 Å². The van der Waals surface area contributed by atoms with Gasteiger partial charge in [-0.05, 0) is 31.0 Å². The summed E-state index contributed by atoms with van der Waals surface area (Å²) in [5, 5.41) is 39.1. The third-order valence-corrected chi connectivity index (χ3v) is 5.58. The molecule has 0 aliphatic carbocycles. The highest BCUT2D eigenvalue weighted by molar-refractivity contribution is 5.59. The number of aliphatic hydroxyl groups excluding tert-OH is 3. The topological polar surface area (TPSA) is 136 Å². The molecule has 2 fully saturated rings. The molecule has 3 heterocycles. The average molecular weight is 412 g/mol. The SMILES string of the molecule is Cc1cc(-c2cn([C@H]3[C@@H](O)[C@@H](CO)O[C@]4(OCC[C@H]4N)[C@@H]3O)nn2)cc(F)c1F. The maximum Gasteiger partial charge on any atom is 0.212 e. The quantitative estimate of drug-likeness (QED) is 0.536. The second-order valence-electron chi connectivity index (χ2n) is 7.40. The van der Waals surface area contributed by atoms with E-state index in [0.717, 1.165) is 6.07 Å². The third kappa shape index (κ3) is 3.14. The van der Waals surface area contributed by atoms with Gasteiger partial charge >= 0.3 is 0 Å². The molecule has 158 valence electrons. The fourth-order valence-corrected chi connectivity index (χ4v) is 3.98. The van der Waals surface area contributed by atoms with Crippen LogP contribution in [-0.2, 0) is 9.47 Å². The molecular formula is C18H22F2N4O5. The van der Waals surface area contributed by atoms with Crippen molar-refractivity contribution in [3.05, 3.63) is 35.5 Å². The van der Waals surface area contributed by atoms with Gasteiger partial charge < -0.3 is 30.5 Å². The molecule has 29 heavy (non-hydrogen) atoms. The summed E-state index contributed by atoms with van der Waals surface area (Å²) in [5.74, 6) is -3.58. The molecule has 0 bridgehead atoms. The van der Waals surface area contributed by atoms with Crippen LogP contribution >= 0.6 is 0 Å². The lowest BCUT2D eigenvalue weighted by atomic mass is 9.87. The summed E-state index contributed by atoms with van der Waals surface area (Å²) in [4.78, 5) is 0. The Hall–Kier alpha value is -2.02. The van der Waals surface area contributed by atoms with E-state index < -0.39 is 54.4 Å². The van der Waals surface area contributed by atoms with Crippen molar-refractivity contribution in [2.45, 2.75) is 49.5 Å². The fourth-order valence-electron chi connectivity index (χ4n) is 3.98. The van der Waals surface area contributed by atoms with E-state index in [9.17, 15) is 24.1 Å². The molecule has 0 unspecified atom stereocenters. The second-order valence-corrected chi connectivity index (χ2v) is 7.40. The van der Waals surface area contributed by atoms with Crippen LogP contribution in [0.4, 0.5) is 8.78 Å². The molecule has 0 radical (unpaired) electrons. The Morgan fingerprint density at radius 1 is 1.34 bits per heavy atom. The maximum absolute atomic E-state index is 13.8. The summed E-state index contributed by atoms with van der Waals surface area (Å²) in [6.07, 6.45) is -2.03. The first-order valence-electron chi connectivity index (χ1n) is 9.20. The van der Waals surface area contributed by atoms with Gasteiger partial charge in [0.1, 0.15) is 30.0 Å². The number of nitrogens with two attached hydrogens (primary N) is 1. The van der Waals surface area contributed by atoms with E-state index in [4.69, 9.17) is 15.2 Å². The Bertz CT molecular complexity index is 889. The van der Waals surface area contributed by atoms with Gasteiger partial charge in [0, 0.05) is 5.56 Å². The van der Waals surface area contributed by atoms with Crippen LogP contribution in [0.3, 0.4) is 0 Å². The first-order valence-corrected chi connectivity index (χ1v) is 9.20. The largest absolute Gasteiger partial charge is 0.394 e. The molecule has 0 amide bonds. The summed E-state index contributed by atoms with van der Waals surface area (Å²) in [6.45, 7) is 1.13. The predicted molar refractivity (Wildman–Crippen MR) is 94.4 cm³/mol. The molecule has 2 aliphatic heterocycles. The Kier molecular flexibility index (Phi) is 5.13. The highest BCUT2D eigenvalue weighted by atomic mass is 19.2. The van der Waals surface area contributed by atoms with Crippen LogP contribution in [0.2, 0.25) is 0 Å². The van der Waals surface area contributed by atoms with Gasteiger partial charge in [-0.3, -0.25) is 0 Å². The molecular weight excluding hydrogens is 390 g/mol. The van der Waals surface area contributed by atoms with Gasteiger partial charge in [0.25, 0.3) is 0 Å². The molecule has 0 saturated carbocycles.